The highest BCUT2D eigenvalue weighted by molar-refractivity contribution is 7.89. The molecule has 0 spiro atoms. The lowest BCUT2D eigenvalue weighted by molar-refractivity contribution is 0.0981. The van der Waals surface area contributed by atoms with Crippen molar-refractivity contribution in [2.45, 2.75) is 20.8 Å². The summed E-state index contributed by atoms with van der Waals surface area (Å²) in [6.45, 7) is 5.65. The Morgan fingerprint density at radius 1 is 1.24 bits per heavy atom. The van der Waals surface area contributed by atoms with Crippen LogP contribution in [0.25, 0.3) is 5.69 Å². The highest BCUT2D eigenvalue weighted by Gasteiger charge is 2.18. The van der Waals surface area contributed by atoms with Gasteiger partial charge in [0, 0.05) is 0 Å². The fourth-order valence-electron chi connectivity index (χ4n) is 2.05. The number of hydrogen-bond acceptors (Lipinski definition) is 4. The number of carbonyl (C=O) groups excluding carboxylic acids is 1. The normalized spacial score (nSPS) is 11.4. The van der Waals surface area contributed by atoms with E-state index in [0.29, 0.717) is 5.69 Å². The zero-order valence-electron chi connectivity index (χ0n) is 12.3. The van der Waals surface area contributed by atoms with Crippen LogP contribution in [0.15, 0.2) is 24.4 Å². The van der Waals surface area contributed by atoms with Gasteiger partial charge in [-0.1, -0.05) is 12.1 Å². The number of hydrogen-bond donors (Lipinski definition) is 1. The predicted octanol–water partition coefficient (Wildman–Crippen LogP) is 1.49. The lowest BCUT2D eigenvalue weighted by Crippen LogP contribution is -2.29. The van der Waals surface area contributed by atoms with Crippen molar-refractivity contribution in [2.75, 3.05) is 6.26 Å². The summed E-state index contributed by atoms with van der Waals surface area (Å²) in [4.78, 5) is 11.9. The number of carbonyl (C=O) groups is 1. The van der Waals surface area contributed by atoms with E-state index in [4.69, 9.17) is 0 Å². The highest BCUT2D eigenvalue weighted by Crippen LogP contribution is 2.19. The number of aromatic nitrogens is 2. The van der Waals surface area contributed by atoms with Gasteiger partial charge in [0.2, 0.25) is 10.0 Å². The minimum absolute atomic E-state index is 0.237. The van der Waals surface area contributed by atoms with Gasteiger partial charge >= 0.3 is 0 Å². The number of nitrogens with one attached hydrogen (secondary N) is 1. The first-order valence-corrected chi connectivity index (χ1v) is 8.22. The molecule has 1 aromatic heterocycles. The number of nitrogens with zero attached hydrogens (tertiary/aromatic N) is 2. The van der Waals surface area contributed by atoms with Crippen LogP contribution in [0.1, 0.15) is 27.2 Å². The number of amides is 1. The molecule has 2 rings (SSSR count). The van der Waals surface area contributed by atoms with E-state index in [-0.39, 0.29) is 5.56 Å². The van der Waals surface area contributed by atoms with Crippen molar-refractivity contribution >= 4 is 15.9 Å². The maximum Gasteiger partial charge on any atom is 0.268 e. The molecule has 21 heavy (non-hydrogen) atoms. The second-order valence-electron chi connectivity index (χ2n) is 5.05. The molecule has 1 N–H and O–H groups in total. The first kappa shape index (κ1) is 15.2. The predicted molar refractivity (Wildman–Crippen MR) is 80.1 cm³/mol. The Hall–Kier alpha value is -2.15. The van der Waals surface area contributed by atoms with E-state index >= 15 is 0 Å². The van der Waals surface area contributed by atoms with E-state index in [1.165, 1.54) is 6.20 Å². The molecule has 1 aromatic carbocycles. The molecule has 0 aliphatic heterocycles. The molecule has 1 amide bonds. The molecule has 0 saturated heterocycles. The molecule has 0 aliphatic rings. The number of sulfonamides is 1. The van der Waals surface area contributed by atoms with Crippen LogP contribution >= 0.6 is 0 Å². The summed E-state index contributed by atoms with van der Waals surface area (Å²) in [5.41, 5.74) is 3.78. The Bertz CT molecular complexity index is 807. The second kappa shape index (κ2) is 5.33. The minimum Gasteiger partial charge on any atom is -0.268 e. The van der Waals surface area contributed by atoms with Crippen LogP contribution < -0.4 is 4.72 Å². The van der Waals surface area contributed by atoms with Crippen LogP contribution in [0.3, 0.4) is 0 Å². The van der Waals surface area contributed by atoms with Crippen molar-refractivity contribution in [3.8, 4) is 5.69 Å². The summed E-state index contributed by atoms with van der Waals surface area (Å²) in [6, 6.07) is 5.94. The zero-order chi connectivity index (χ0) is 15.8. The van der Waals surface area contributed by atoms with Crippen LogP contribution in [-0.4, -0.2) is 30.4 Å². The van der Waals surface area contributed by atoms with E-state index in [0.717, 1.165) is 23.1 Å². The van der Waals surface area contributed by atoms with Crippen LogP contribution in [0.4, 0.5) is 0 Å². The third-order valence-corrected chi connectivity index (χ3v) is 3.68. The molecule has 0 unspecified atom stereocenters. The minimum atomic E-state index is -3.60. The Morgan fingerprint density at radius 3 is 2.52 bits per heavy atom. The Kier molecular flexibility index (Phi) is 3.87. The van der Waals surface area contributed by atoms with Crippen molar-refractivity contribution in [3.63, 3.8) is 0 Å². The van der Waals surface area contributed by atoms with Crippen molar-refractivity contribution in [3.05, 3.63) is 46.8 Å². The van der Waals surface area contributed by atoms with Gasteiger partial charge in [-0.2, -0.15) is 5.10 Å². The number of rotatable bonds is 3. The van der Waals surface area contributed by atoms with Crippen LogP contribution in [0.5, 0.6) is 0 Å². The van der Waals surface area contributed by atoms with Gasteiger partial charge in [0.15, 0.2) is 0 Å². The van der Waals surface area contributed by atoms with Gasteiger partial charge in [-0.05, 0) is 38.0 Å². The van der Waals surface area contributed by atoms with Crippen molar-refractivity contribution < 1.29 is 13.2 Å². The quantitative estimate of drug-likeness (QED) is 0.931. The largest absolute Gasteiger partial charge is 0.268 e. The lowest BCUT2D eigenvalue weighted by atomic mass is 10.1. The van der Waals surface area contributed by atoms with Gasteiger partial charge in [0.1, 0.15) is 0 Å². The van der Waals surface area contributed by atoms with Crippen LogP contribution in [-0.2, 0) is 10.0 Å². The first-order valence-electron chi connectivity index (χ1n) is 6.33. The average molecular weight is 307 g/mol. The van der Waals surface area contributed by atoms with Gasteiger partial charge in [-0.25, -0.2) is 17.8 Å². The molecular formula is C14H17N3O3S. The Balaban J connectivity index is 2.46. The fourth-order valence-corrected chi connectivity index (χ4v) is 2.49. The summed E-state index contributed by atoms with van der Waals surface area (Å²) >= 11 is 0. The van der Waals surface area contributed by atoms with Crippen LogP contribution in [0.2, 0.25) is 0 Å². The average Bonchev–Trinajstić information content (AvgIpc) is 2.72. The van der Waals surface area contributed by atoms with Gasteiger partial charge in [-0.15, -0.1) is 0 Å². The van der Waals surface area contributed by atoms with E-state index in [2.05, 4.69) is 5.10 Å². The van der Waals surface area contributed by atoms with E-state index < -0.39 is 15.9 Å². The van der Waals surface area contributed by atoms with Crippen LogP contribution in [0, 0.1) is 20.8 Å². The molecule has 2 aromatic rings. The molecule has 0 aliphatic carbocycles. The second-order valence-corrected chi connectivity index (χ2v) is 6.80. The van der Waals surface area contributed by atoms with Crippen molar-refractivity contribution in [2.24, 2.45) is 0 Å². The van der Waals surface area contributed by atoms with Gasteiger partial charge in [0.25, 0.3) is 5.91 Å². The maximum atomic E-state index is 11.9. The summed E-state index contributed by atoms with van der Waals surface area (Å²) < 4.78 is 25.9. The molecule has 0 atom stereocenters. The summed E-state index contributed by atoms with van der Waals surface area (Å²) in [5.74, 6) is -0.674. The van der Waals surface area contributed by atoms with E-state index in [1.54, 1.807) is 11.6 Å². The smallest absolute Gasteiger partial charge is 0.268 e. The summed E-state index contributed by atoms with van der Waals surface area (Å²) in [5, 5.41) is 4.20. The van der Waals surface area contributed by atoms with Crippen molar-refractivity contribution in [1.29, 1.82) is 0 Å². The monoisotopic (exact) mass is 307 g/mol. The molecule has 6 nitrogen and oxygen atoms in total. The topological polar surface area (TPSA) is 81.1 Å². The number of benzene rings is 1. The summed E-state index contributed by atoms with van der Waals surface area (Å²) in [6.07, 6.45) is 2.31. The fraction of sp³-hybridized carbons (Fsp3) is 0.286. The third-order valence-electron chi connectivity index (χ3n) is 3.13. The van der Waals surface area contributed by atoms with Crippen molar-refractivity contribution in [1.82, 2.24) is 14.5 Å². The van der Waals surface area contributed by atoms with E-state index in [1.807, 2.05) is 36.8 Å². The van der Waals surface area contributed by atoms with Gasteiger partial charge in [-0.3, -0.25) is 4.79 Å². The Morgan fingerprint density at radius 2 is 1.90 bits per heavy atom. The zero-order valence-corrected chi connectivity index (χ0v) is 13.2. The molecule has 112 valence electrons. The molecule has 0 bridgehead atoms. The van der Waals surface area contributed by atoms with Gasteiger partial charge in [0.05, 0.1) is 29.4 Å². The van der Waals surface area contributed by atoms with E-state index in [9.17, 15) is 13.2 Å². The van der Waals surface area contributed by atoms with Gasteiger partial charge < -0.3 is 0 Å². The molecular weight excluding hydrogens is 290 g/mol. The molecule has 0 radical (unpaired) electrons. The molecule has 0 saturated carbocycles. The SMILES string of the molecule is Cc1ccc(C)c(-n2ncc(C(=O)NS(C)(=O)=O)c2C)c1. The molecule has 7 heteroatoms. The molecule has 1 heterocycles. The highest BCUT2D eigenvalue weighted by atomic mass is 32.2. The lowest BCUT2D eigenvalue weighted by Gasteiger charge is -2.10. The first-order chi connectivity index (χ1) is 9.69. The summed E-state index contributed by atoms with van der Waals surface area (Å²) in [7, 11) is -3.60. The standard InChI is InChI=1S/C14H17N3O3S/c1-9-5-6-10(2)13(7-9)17-11(3)12(8-15-17)14(18)16-21(4,19)20/h5-8H,1-4H3,(H,16,18). The number of aryl methyl sites for hydroxylation is 2. The Labute approximate surface area is 123 Å². The maximum absolute atomic E-state index is 11.9. The third kappa shape index (κ3) is 3.30. The molecule has 0 fully saturated rings.